The maximum absolute atomic E-state index is 5.82. The lowest BCUT2D eigenvalue weighted by atomic mass is 10.0. The molecule has 0 aliphatic rings. The predicted octanol–water partition coefficient (Wildman–Crippen LogP) is 3.70. The molecule has 3 nitrogen and oxygen atoms in total. The van der Waals surface area contributed by atoms with E-state index in [1.807, 2.05) is 18.2 Å². The zero-order valence-corrected chi connectivity index (χ0v) is 13.4. The first kappa shape index (κ1) is 15.7. The highest BCUT2D eigenvalue weighted by Crippen LogP contribution is 2.27. The van der Waals surface area contributed by atoms with Crippen molar-refractivity contribution in [2.24, 2.45) is 5.73 Å². The molecule has 2 aromatic carbocycles. The summed E-state index contributed by atoms with van der Waals surface area (Å²) in [6, 6.07) is 12.5. The minimum Gasteiger partial charge on any atom is -0.389 e. The van der Waals surface area contributed by atoms with Crippen molar-refractivity contribution in [2.45, 2.75) is 25.8 Å². The molecule has 0 radical (unpaired) electrons. The third kappa shape index (κ3) is 3.71. The molecule has 3 N–H and O–H groups in total. The fraction of sp³-hybridized carbons (Fsp3) is 0.353. The number of fused-ring (bicyclic) bond motifs is 1. The third-order valence-corrected chi connectivity index (χ3v) is 3.77. The minimum absolute atomic E-state index is 0.305. The lowest BCUT2D eigenvalue weighted by Gasteiger charge is -2.20. The molecule has 2 rings (SSSR count). The molecule has 21 heavy (non-hydrogen) atoms. The summed E-state index contributed by atoms with van der Waals surface area (Å²) in [5.41, 5.74) is 7.84. The van der Waals surface area contributed by atoms with E-state index in [4.69, 9.17) is 22.7 Å². The van der Waals surface area contributed by atoms with Crippen molar-refractivity contribution in [1.82, 2.24) is 0 Å². The zero-order chi connectivity index (χ0) is 15.2. The zero-order valence-electron chi connectivity index (χ0n) is 12.6. The molecule has 2 aromatic rings. The van der Waals surface area contributed by atoms with E-state index in [1.165, 1.54) is 0 Å². The molecule has 1 atom stereocenters. The van der Waals surface area contributed by atoms with Crippen LogP contribution in [-0.2, 0) is 4.74 Å². The van der Waals surface area contributed by atoms with E-state index in [0.717, 1.165) is 34.9 Å². The maximum atomic E-state index is 5.82. The van der Waals surface area contributed by atoms with Gasteiger partial charge in [-0.3, -0.25) is 0 Å². The molecule has 0 amide bonds. The number of methoxy groups -OCH3 is 1. The van der Waals surface area contributed by atoms with Gasteiger partial charge in [-0.1, -0.05) is 49.8 Å². The summed E-state index contributed by atoms with van der Waals surface area (Å²) in [6.45, 7) is 2.87. The van der Waals surface area contributed by atoms with Crippen molar-refractivity contribution in [1.29, 1.82) is 0 Å². The Morgan fingerprint density at radius 3 is 2.57 bits per heavy atom. The van der Waals surface area contributed by atoms with E-state index in [9.17, 15) is 0 Å². The number of nitrogens with one attached hydrogen (secondary N) is 1. The molecule has 112 valence electrons. The summed E-state index contributed by atoms with van der Waals surface area (Å²) in [4.78, 5) is 0.430. The lowest BCUT2D eigenvalue weighted by molar-refractivity contribution is 0.182. The lowest BCUT2D eigenvalue weighted by Crippen LogP contribution is -2.25. The van der Waals surface area contributed by atoms with E-state index in [-0.39, 0.29) is 0 Å². The summed E-state index contributed by atoms with van der Waals surface area (Å²) in [5.74, 6) is 0. The van der Waals surface area contributed by atoms with E-state index < -0.39 is 0 Å². The first-order chi connectivity index (χ1) is 10.2. The van der Waals surface area contributed by atoms with Crippen LogP contribution >= 0.6 is 12.2 Å². The minimum atomic E-state index is 0.305. The fourth-order valence-corrected chi connectivity index (χ4v) is 2.78. The van der Waals surface area contributed by atoms with Crippen LogP contribution < -0.4 is 11.1 Å². The van der Waals surface area contributed by atoms with E-state index in [1.54, 1.807) is 7.11 Å². The van der Waals surface area contributed by atoms with Crippen LogP contribution in [0, 0.1) is 0 Å². The van der Waals surface area contributed by atoms with Gasteiger partial charge in [-0.15, -0.1) is 0 Å². The summed E-state index contributed by atoms with van der Waals surface area (Å²) in [7, 11) is 1.73. The molecular formula is C17H22N2OS. The standard InChI is InChI=1S/C17H22N2OS/c1-3-6-12(11-20-2)19-16-10-9-15(17(18)21)13-7-4-5-8-14(13)16/h4-5,7-10,12,19H,3,6,11H2,1-2H3,(H2,18,21). The van der Waals surface area contributed by atoms with Crippen LogP contribution in [0.1, 0.15) is 25.3 Å². The first-order valence-electron chi connectivity index (χ1n) is 7.24. The average molecular weight is 302 g/mol. The first-order valence-corrected chi connectivity index (χ1v) is 7.65. The third-order valence-electron chi connectivity index (χ3n) is 3.55. The Morgan fingerprint density at radius 1 is 1.24 bits per heavy atom. The molecule has 0 fully saturated rings. The van der Waals surface area contributed by atoms with Gasteiger partial charge in [-0.2, -0.15) is 0 Å². The molecule has 0 saturated heterocycles. The smallest absolute Gasteiger partial charge is 0.104 e. The van der Waals surface area contributed by atoms with E-state index in [2.05, 4.69) is 30.4 Å². The molecule has 0 spiro atoms. The topological polar surface area (TPSA) is 47.3 Å². The highest BCUT2D eigenvalue weighted by Gasteiger charge is 2.11. The summed E-state index contributed by atoms with van der Waals surface area (Å²) in [5, 5.41) is 5.81. The Bertz CT molecular complexity index is 621. The van der Waals surface area contributed by atoms with E-state index in [0.29, 0.717) is 17.6 Å². The molecule has 0 saturated carbocycles. The molecular weight excluding hydrogens is 280 g/mol. The van der Waals surface area contributed by atoms with Gasteiger partial charge in [0.25, 0.3) is 0 Å². The molecule has 0 heterocycles. The second-order valence-electron chi connectivity index (χ2n) is 5.16. The van der Waals surface area contributed by atoms with Crippen molar-refractivity contribution in [3.05, 3.63) is 42.0 Å². The van der Waals surface area contributed by atoms with Crippen LogP contribution in [-0.4, -0.2) is 24.7 Å². The van der Waals surface area contributed by atoms with Crippen LogP contribution in [0.15, 0.2) is 36.4 Å². The average Bonchev–Trinajstić information content (AvgIpc) is 2.47. The fourth-order valence-electron chi connectivity index (χ4n) is 2.61. The Labute approximate surface area is 131 Å². The largest absolute Gasteiger partial charge is 0.389 e. The number of nitrogens with two attached hydrogens (primary N) is 1. The van der Waals surface area contributed by atoms with Gasteiger partial charge in [0.05, 0.1) is 6.61 Å². The summed E-state index contributed by atoms with van der Waals surface area (Å²) < 4.78 is 5.30. The Hall–Kier alpha value is -1.65. The van der Waals surface area contributed by atoms with Gasteiger partial charge in [-0.25, -0.2) is 0 Å². The SMILES string of the molecule is CCCC(COC)Nc1ccc(C(N)=S)c2ccccc12. The van der Waals surface area contributed by atoms with Crippen LogP contribution in [0.4, 0.5) is 5.69 Å². The van der Waals surface area contributed by atoms with Gasteiger partial charge in [0.2, 0.25) is 0 Å². The molecule has 0 bridgehead atoms. The number of benzene rings is 2. The van der Waals surface area contributed by atoms with Crippen molar-refractivity contribution >= 4 is 33.7 Å². The van der Waals surface area contributed by atoms with E-state index >= 15 is 0 Å². The molecule has 0 aromatic heterocycles. The Balaban J connectivity index is 2.40. The van der Waals surface area contributed by atoms with Gasteiger partial charge >= 0.3 is 0 Å². The number of anilines is 1. The van der Waals surface area contributed by atoms with Crippen LogP contribution in [0.25, 0.3) is 10.8 Å². The second kappa shape index (κ2) is 7.38. The number of thiocarbonyl (C=S) groups is 1. The second-order valence-corrected chi connectivity index (χ2v) is 5.60. The number of rotatable bonds is 7. The molecule has 0 aliphatic carbocycles. The highest BCUT2D eigenvalue weighted by molar-refractivity contribution is 7.80. The molecule has 4 heteroatoms. The monoisotopic (exact) mass is 302 g/mol. The normalized spacial score (nSPS) is 12.3. The van der Waals surface area contributed by atoms with Gasteiger partial charge in [0.15, 0.2) is 0 Å². The maximum Gasteiger partial charge on any atom is 0.104 e. The van der Waals surface area contributed by atoms with Crippen LogP contribution in [0.3, 0.4) is 0 Å². The molecule has 1 unspecified atom stereocenters. The number of hydrogen-bond acceptors (Lipinski definition) is 3. The summed E-state index contributed by atoms with van der Waals surface area (Å²) >= 11 is 5.14. The number of hydrogen-bond donors (Lipinski definition) is 2. The van der Waals surface area contributed by atoms with Gasteiger partial charge in [0.1, 0.15) is 4.99 Å². The number of ether oxygens (including phenoxy) is 1. The van der Waals surface area contributed by atoms with Gasteiger partial charge in [-0.05, 0) is 23.9 Å². The Morgan fingerprint density at radius 2 is 1.95 bits per heavy atom. The van der Waals surface area contributed by atoms with Gasteiger partial charge in [0, 0.05) is 29.8 Å². The van der Waals surface area contributed by atoms with Crippen LogP contribution in [0.2, 0.25) is 0 Å². The predicted molar refractivity (Wildman–Crippen MR) is 94.0 cm³/mol. The highest BCUT2D eigenvalue weighted by atomic mass is 32.1. The van der Waals surface area contributed by atoms with Crippen molar-refractivity contribution in [2.75, 3.05) is 19.0 Å². The summed E-state index contributed by atoms with van der Waals surface area (Å²) in [6.07, 6.45) is 2.18. The molecule has 0 aliphatic heterocycles. The van der Waals surface area contributed by atoms with Crippen molar-refractivity contribution in [3.8, 4) is 0 Å². The quantitative estimate of drug-likeness (QED) is 0.766. The van der Waals surface area contributed by atoms with Crippen molar-refractivity contribution in [3.63, 3.8) is 0 Å². The van der Waals surface area contributed by atoms with Gasteiger partial charge < -0.3 is 15.8 Å². The van der Waals surface area contributed by atoms with Crippen molar-refractivity contribution < 1.29 is 4.74 Å². The Kier molecular flexibility index (Phi) is 5.53. The van der Waals surface area contributed by atoms with Crippen LogP contribution in [0.5, 0.6) is 0 Å².